The molecule has 0 saturated heterocycles. The van der Waals surface area contributed by atoms with Gasteiger partial charge in [-0.25, -0.2) is 0 Å². The Morgan fingerprint density at radius 3 is 2.54 bits per heavy atom. The summed E-state index contributed by atoms with van der Waals surface area (Å²) in [7, 11) is 0. The molecule has 1 aromatic rings. The molecule has 0 aromatic heterocycles. The maximum absolute atomic E-state index is 13.4. The third-order valence-electron chi connectivity index (χ3n) is 10.8. The van der Waals surface area contributed by atoms with Crippen molar-refractivity contribution in [3.63, 3.8) is 0 Å². The Hall–Kier alpha value is -2.43. The quantitative estimate of drug-likeness (QED) is 0.405. The number of allylic oxidation sites excluding steroid dienone is 1. The van der Waals surface area contributed by atoms with Crippen molar-refractivity contribution in [2.75, 3.05) is 0 Å². The number of ether oxygens (including phenoxy) is 1. The summed E-state index contributed by atoms with van der Waals surface area (Å²) < 4.78 is 5.60. The van der Waals surface area contributed by atoms with Crippen LogP contribution in [0.4, 0.5) is 0 Å². The minimum absolute atomic E-state index is 0.00837. The molecule has 3 unspecified atom stereocenters. The predicted molar refractivity (Wildman–Crippen MR) is 134 cm³/mol. The van der Waals surface area contributed by atoms with Crippen LogP contribution in [0.25, 0.3) is 0 Å². The lowest BCUT2D eigenvalue weighted by atomic mass is 9.46. The third kappa shape index (κ3) is 3.02. The second-order valence-electron chi connectivity index (χ2n) is 12.2. The Labute approximate surface area is 208 Å². The van der Waals surface area contributed by atoms with Crippen molar-refractivity contribution < 1.29 is 19.2 Å². The van der Waals surface area contributed by atoms with E-state index in [9.17, 15) is 9.59 Å². The second kappa shape index (κ2) is 7.78. The molecule has 3 fully saturated rings. The summed E-state index contributed by atoms with van der Waals surface area (Å²) in [5, 5.41) is 4.58. The van der Waals surface area contributed by atoms with E-state index in [2.05, 4.69) is 37.2 Å². The van der Waals surface area contributed by atoms with Gasteiger partial charge in [0.15, 0.2) is 5.78 Å². The van der Waals surface area contributed by atoms with Gasteiger partial charge in [0.2, 0.25) is 5.60 Å². The first-order chi connectivity index (χ1) is 16.7. The first-order valence-electron chi connectivity index (χ1n) is 13.4. The highest BCUT2D eigenvalue weighted by atomic mass is 16.7. The first kappa shape index (κ1) is 23.0. The molecule has 186 valence electrons. The number of oxime groups is 1. The van der Waals surface area contributed by atoms with Gasteiger partial charge in [-0.1, -0.05) is 61.0 Å². The zero-order chi connectivity index (χ0) is 24.6. The molecule has 3 saturated carbocycles. The van der Waals surface area contributed by atoms with Gasteiger partial charge in [-0.05, 0) is 74.2 Å². The first-order valence-corrected chi connectivity index (χ1v) is 13.4. The Bertz CT molecular complexity index is 1120. The maximum Gasteiger partial charge on any atom is 0.302 e. The molecular formula is C30H37NO4. The zero-order valence-electron chi connectivity index (χ0n) is 21.4. The summed E-state index contributed by atoms with van der Waals surface area (Å²) in [5.74, 6) is 1.51. The van der Waals surface area contributed by atoms with Gasteiger partial charge in [0, 0.05) is 18.8 Å². The summed E-state index contributed by atoms with van der Waals surface area (Å²) in [6.07, 6.45) is 9.45. The minimum atomic E-state index is -0.855. The van der Waals surface area contributed by atoms with Gasteiger partial charge in [0.25, 0.3) is 0 Å². The summed E-state index contributed by atoms with van der Waals surface area (Å²) in [6.45, 7) is 7.99. The molecule has 6 rings (SSSR count). The Morgan fingerprint density at radius 1 is 1.06 bits per heavy atom. The van der Waals surface area contributed by atoms with E-state index in [1.54, 1.807) is 6.92 Å². The van der Waals surface area contributed by atoms with Crippen LogP contribution in [0, 0.1) is 34.5 Å². The lowest BCUT2D eigenvalue weighted by Crippen LogP contribution is -2.58. The molecule has 1 aliphatic heterocycles. The number of hydrogen-bond donors (Lipinski definition) is 0. The zero-order valence-corrected chi connectivity index (χ0v) is 21.4. The largest absolute Gasteiger partial charge is 0.462 e. The maximum atomic E-state index is 13.4. The van der Waals surface area contributed by atoms with Crippen molar-refractivity contribution in [2.45, 2.75) is 84.3 Å². The molecule has 0 spiro atoms. The number of benzene rings is 1. The second-order valence-corrected chi connectivity index (χ2v) is 12.2. The molecule has 35 heavy (non-hydrogen) atoms. The van der Waals surface area contributed by atoms with E-state index in [-0.39, 0.29) is 34.6 Å². The molecule has 5 heteroatoms. The van der Waals surface area contributed by atoms with Crippen molar-refractivity contribution >= 4 is 17.5 Å². The molecule has 1 heterocycles. The number of rotatable bonds is 3. The van der Waals surface area contributed by atoms with E-state index in [1.165, 1.54) is 12.5 Å². The number of esters is 1. The summed E-state index contributed by atoms with van der Waals surface area (Å²) >= 11 is 0. The highest BCUT2D eigenvalue weighted by Gasteiger charge is 2.74. The lowest BCUT2D eigenvalue weighted by molar-refractivity contribution is -0.174. The Balaban J connectivity index is 1.35. The van der Waals surface area contributed by atoms with Crippen LogP contribution in [0.2, 0.25) is 0 Å². The summed E-state index contributed by atoms with van der Waals surface area (Å²) in [5.41, 5.74) is 2.59. The molecule has 4 aliphatic carbocycles. The highest BCUT2D eigenvalue weighted by Crippen LogP contribution is 2.70. The standard InChI is InChI=1S/C30H37NO4/c1-18(32)30-26(27(31-35-30)20-8-6-5-7-9-20)17-25-23-11-10-21-16-22(34-19(2)33)12-14-28(21,3)24(23)13-15-29(25,30)4/h5-10,22-26H,11-17H2,1-4H3/t22-,23?,24?,25?,26-,28-,29-,30+/m0/s1. The van der Waals surface area contributed by atoms with E-state index >= 15 is 0 Å². The minimum Gasteiger partial charge on any atom is -0.462 e. The summed E-state index contributed by atoms with van der Waals surface area (Å²) in [4.78, 5) is 31.3. The van der Waals surface area contributed by atoms with Crippen molar-refractivity contribution in [1.82, 2.24) is 0 Å². The Morgan fingerprint density at radius 2 is 1.83 bits per heavy atom. The van der Waals surface area contributed by atoms with Gasteiger partial charge >= 0.3 is 5.97 Å². The van der Waals surface area contributed by atoms with Crippen LogP contribution in [0.5, 0.6) is 0 Å². The van der Waals surface area contributed by atoms with Gasteiger partial charge in [-0.3, -0.25) is 9.59 Å². The molecule has 0 radical (unpaired) electrons. The molecule has 1 aromatic carbocycles. The normalized spacial score (nSPS) is 43.5. The van der Waals surface area contributed by atoms with E-state index in [0.717, 1.165) is 56.2 Å². The van der Waals surface area contributed by atoms with Crippen molar-refractivity contribution in [3.05, 3.63) is 47.5 Å². The van der Waals surface area contributed by atoms with Crippen LogP contribution in [0.3, 0.4) is 0 Å². The molecule has 5 nitrogen and oxygen atoms in total. The fraction of sp³-hybridized carbons (Fsp3) is 0.633. The topological polar surface area (TPSA) is 65.0 Å². The molecule has 0 N–H and O–H groups in total. The third-order valence-corrected chi connectivity index (χ3v) is 10.8. The van der Waals surface area contributed by atoms with Crippen molar-refractivity contribution in [3.8, 4) is 0 Å². The van der Waals surface area contributed by atoms with E-state index < -0.39 is 5.60 Å². The smallest absolute Gasteiger partial charge is 0.302 e. The van der Waals surface area contributed by atoms with Crippen LogP contribution >= 0.6 is 0 Å². The summed E-state index contributed by atoms with van der Waals surface area (Å²) in [6, 6.07) is 10.3. The van der Waals surface area contributed by atoms with Crippen molar-refractivity contribution in [2.24, 2.45) is 39.7 Å². The Kier molecular flexibility index (Phi) is 5.11. The number of fused-ring (bicyclic) bond motifs is 7. The number of hydrogen-bond acceptors (Lipinski definition) is 5. The van der Waals surface area contributed by atoms with E-state index in [1.807, 2.05) is 18.2 Å². The number of carbonyl (C=O) groups excluding carboxylic acids is 2. The van der Waals surface area contributed by atoms with Crippen molar-refractivity contribution in [1.29, 1.82) is 0 Å². The van der Waals surface area contributed by atoms with Gasteiger partial charge in [-0.15, -0.1) is 0 Å². The number of carbonyl (C=O) groups is 2. The number of ketones is 1. The molecule has 0 bridgehead atoms. The van der Waals surface area contributed by atoms with Crippen LogP contribution in [-0.4, -0.2) is 29.2 Å². The molecular weight excluding hydrogens is 438 g/mol. The number of Topliss-reactive ketones (excluding diaryl/α,β-unsaturated/α-hetero) is 1. The van der Waals surface area contributed by atoms with Gasteiger partial charge < -0.3 is 9.57 Å². The SMILES string of the molecule is CC(=O)O[C@H]1CC[C@@]2(C)C(=CCC3C2CC[C@@]2(C)C3C[C@H]3C(c4ccccc4)=NO[C@]32C(C)=O)C1. The van der Waals surface area contributed by atoms with E-state index in [4.69, 9.17) is 9.57 Å². The van der Waals surface area contributed by atoms with Crippen LogP contribution in [0.1, 0.15) is 78.2 Å². The monoisotopic (exact) mass is 475 g/mol. The molecule has 8 atom stereocenters. The van der Waals surface area contributed by atoms with Gasteiger partial charge in [0.05, 0.1) is 11.6 Å². The fourth-order valence-corrected chi connectivity index (χ4v) is 9.23. The fourth-order valence-electron chi connectivity index (χ4n) is 9.23. The van der Waals surface area contributed by atoms with E-state index in [0.29, 0.717) is 17.8 Å². The van der Waals surface area contributed by atoms with Gasteiger partial charge in [-0.2, -0.15) is 0 Å². The van der Waals surface area contributed by atoms with Crippen LogP contribution in [-0.2, 0) is 19.2 Å². The highest BCUT2D eigenvalue weighted by molar-refractivity contribution is 6.08. The lowest BCUT2D eigenvalue weighted by Gasteiger charge is -2.58. The van der Waals surface area contributed by atoms with Gasteiger partial charge in [0.1, 0.15) is 6.10 Å². The average Bonchev–Trinajstić information content (AvgIpc) is 3.34. The molecule has 0 amide bonds. The van der Waals surface area contributed by atoms with Crippen LogP contribution < -0.4 is 0 Å². The number of nitrogens with zero attached hydrogens (tertiary/aromatic N) is 1. The van der Waals surface area contributed by atoms with Crippen LogP contribution in [0.15, 0.2) is 47.1 Å². The molecule has 5 aliphatic rings. The average molecular weight is 476 g/mol. The predicted octanol–water partition coefficient (Wildman–Crippen LogP) is 5.87.